The highest BCUT2D eigenvalue weighted by molar-refractivity contribution is 5.78. The molecule has 4 heteroatoms. The number of carbonyl (C=O) groups is 1. The molecule has 0 radical (unpaired) electrons. The Labute approximate surface area is 59.6 Å². The molecule has 0 fully saturated rings. The predicted octanol–water partition coefficient (Wildman–Crippen LogP) is -0.211. The van der Waals surface area contributed by atoms with Gasteiger partial charge in [0.05, 0.1) is 12.2 Å². The van der Waals surface area contributed by atoms with Gasteiger partial charge in [0.1, 0.15) is 0 Å². The van der Waals surface area contributed by atoms with Crippen molar-refractivity contribution in [1.82, 2.24) is 0 Å². The smallest absolute Gasteiger partial charge is 0.338 e. The summed E-state index contributed by atoms with van der Waals surface area (Å²) in [5.74, 6) is -0.669. The average molecular weight is 142 g/mol. The first kappa shape index (κ1) is 8.92. The fourth-order valence-electron chi connectivity index (χ4n) is 0.358. The zero-order valence-corrected chi connectivity index (χ0v) is 6.00. The molecule has 0 heterocycles. The predicted molar refractivity (Wildman–Crippen MR) is 34.8 cm³/mol. The second kappa shape index (κ2) is 3.85. The van der Waals surface area contributed by atoms with Crippen LogP contribution in [0.2, 0.25) is 0 Å². The molecule has 0 aromatic heterocycles. The number of nitrogens with two attached hydrogens (primary N) is 1. The minimum absolute atomic E-state index is 0.216. The molecular formula is C6H10N2O2. The van der Waals surface area contributed by atoms with Gasteiger partial charge in [-0.1, -0.05) is 0 Å². The van der Waals surface area contributed by atoms with Gasteiger partial charge in [-0.2, -0.15) is 5.26 Å². The quantitative estimate of drug-likeness (QED) is 0.541. The van der Waals surface area contributed by atoms with Crippen molar-refractivity contribution >= 4 is 5.97 Å². The van der Waals surface area contributed by atoms with Crippen LogP contribution in [0, 0.1) is 11.3 Å². The van der Waals surface area contributed by atoms with Gasteiger partial charge in [-0.05, 0) is 13.8 Å². The van der Waals surface area contributed by atoms with Gasteiger partial charge in [0.2, 0.25) is 0 Å². The lowest BCUT2D eigenvalue weighted by Crippen LogP contribution is -2.32. The van der Waals surface area contributed by atoms with Crippen molar-refractivity contribution in [1.29, 1.82) is 5.26 Å². The third-order valence-corrected chi connectivity index (χ3v) is 0.745. The van der Waals surface area contributed by atoms with E-state index in [1.54, 1.807) is 19.9 Å². The minimum atomic E-state index is -1.15. The first-order valence-electron chi connectivity index (χ1n) is 2.93. The molecule has 0 aromatic carbocycles. The number of esters is 1. The van der Waals surface area contributed by atoms with Gasteiger partial charge in [-0.15, -0.1) is 0 Å². The lowest BCUT2D eigenvalue weighted by atomic mass is 10.3. The van der Waals surface area contributed by atoms with Gasteiger partial charge >= 0.3 is 5.97 Å². The summed E-state index contributed by atoms with van der Waals surface area (Å²) in [5, 5.41) is 8.14. The molecule has 0 saturated carbocycles. The number of rotatable bonds is 2. The van der Waals surface area contributed by atoms with Crippen LogP contribution in [-0.2, 0) is 9.53 Å². The Kier molecular flexibility index (Phi) is 3.44. The van der Waals surface area contributed by atoms with Crippen molar-refractivity contribution in [2.24, 2.45) is 5.73 Å². The summed E-state index contributed by atoms with van der Waals surface area (Å²) in [4.78, 5) is 10.6. The van der Waals surface area contributed by atoms with Gasteiger partial charge in [0.25, 0.3) is 0 Å². The minimum Gasteiger partial charge on any atom is -0.461 e. The van der Waals surface area contributed by atoms with Crippen LogP contribution in [0.1, 0.15) is 13.8 Å². The van der Waals surface area contributed by atoms with E-state index in [1.807, 2.05) is 0 Å². The van der Waals surface area contributed by atoms with Gasteiger partial charge in [-0.25, -0.2) is 4.79 Å². The summed E-state index contributed by atoms with van der Waals surface area (Å²) >= 11 is 0. The first-order chi connectivity index (χ1) is 4.57. The van der Waals surface area contributed by atoms with E-state index < -0.39 is 12.0 Å². The zero-order chi connectivity index (χ0) is 8.15. The van der Waals surface area contributed by atoms with Crippen LogP contribution < -0.4 is 5.73 Å². The maximum Gasteiger partial charge on any atom is 0.338 e. The Morgan fingerprint density at radius 3 is 2.50 bits per heavy atom. The van der Waals surface area contributed by atoms with E-state index in [9.17, 15) is 4.79 Å². The highest BCUT2D eigenvalue weighted by Crippen LogP contribution is 1.90. The summed E-state index contributed by atoms with van der Waals surface area (Å²) in [7, 11) is 0. The standard InChI is InChI=1S/C6H10N2O2/c1-4(2)10-6(9)5(8)3-7/h4-5H,8H2,1-2H3. The Bertz CT molecular complexity index is 160. The van der Waals surface area contributed by atoms with E-state index in [1.165, 1.54) is 0 Å². The van der Waals surface area contributed by atoms with Crippen molar-refractivity contribution in [3.05, 3.63) is 0 Å². The molecule has 0 amide bonds. The second-order valence-corrected chi connectivity index (χ2v) is 2.09. The fourth-order valence-corrected chi connectivity index (χ4v) is 0.358. The summed E-state index contributed by atoms with van der Waals surface area (Å²) in [6, 6.07) is 0.423. The van der Waals surface area contributed by atoms with Crippen molar-refractivity contribution in [2.45, 2.75) is 26.0 Å². The lowest BCUT2D eigenvalue weighted by molar-refractivity contribution is -0.147. The molecule has 10 heavy (non-hydrogen) atoms. The maximum atomic E-state index is 10.6. The van der Waals surface area contributed by atoms with E-state index in [4.69, 9.17) is 11.0 Å². The van der Waals surface area contributed by atoms with Gasteiger partial charge in [0.15, 0.2) is 6.04 Å². The molecule has 1 atom stereocenters. The zero-order valence-electron chi connectivity index (χ0n) is 6.00. The third kappa shape index (κ3) is 3.05. The molecule has 0 bridgehead atoms. The van der Waals surface area contributed by atoms with Crippen LogP contribution in [0.15, 0.2) is 0 Å². The Hall–Kier alpha value is -1.08. The lowest BCUT2D eigenvalue weighted by Gasteiger charge is -2.07. The van der Waals surface area contributed by atoms with Crippen molar-refractivity contribution < 1.29 is 9.53 Å². The summed E-state index contributed by atoms with van der Waals surface area (Å²) in [6.07, 6.45) is -0.216. The van der Waals surface area contributed by atoms with Crippen LogP contribution in [0.25, 0.3) is 0 Å². The van der Waals surface area contributed by atoms with E-state index in [0.29, 0.717) is 0 Å². The highest BCUT2D eigenvalue weighted by atomic mass is 16.5. The number of ether oxygens (including phenoxy) is 1. The molecule has 0 aliphatic carbocycles. The van der Waals surface area contributed by atoms with E-state index in [-0.39, 0.29) is 6.10 Å². The number of nitrogens with zero attached hydrogens (tertiary/aromatic N) is 1. The average Bonchev–Trinajstić information content (AvgIpc) is 1.85. The van der Waals surface area contributed by atoms with Gasteiger partial charge in [0, 0.05) is 0 Å². The van der Waals surface area contributed by atoms with Crippen LogP contribution in [-0.4, -0.2) is 18.1 Å². The second-order valence-electron chi connectivity index (χ2n) is 2.09. The number of carbonyl (C=O) groups excluding carboxylic acids is 1. The Morgan fingerprint density at radius 1 is 1.70 bits per heavy atom. The normalized spacial score (nSPS) is 12.3. The fraction of sp³-hybridized carbons (Fsp3) is 0.667. The molecule has 4 nitrogen and oxygen atoms in total. The molecular weight excluding hydrogens is 132 g/mol. The molecule has 0 spiro atoms. The van der Waals surface area contributed by atoms with Crippen LogP contribution in [0.4, 0.5) is 0 Å². The molecule has 56 valence electrons. The van der Waals surface area contributed by atoms with E-state index >= 15 is 0 Å². The van der Waals surface area contributed by atoms with E-state index in [0.717, 1.165) is 0 Å². The Morgan fingerprint density at radius 2 is 2.20 bits per heavy atom. The third-order valence-electron chi connectivity index (χ3n) is 0.745. The molecule has 0 aromatic rings. The van der Waals surface area contributed by atoms with Gasteiger partial charge in [-0.3, -0.25) is 0 Å². The summed E-state index contributed by atoms with van der Waals surface area (Å²) < 4.78 is 4.62. The van der Waals surface area contributed by atoms with Crippen molar-refractivity contribution in [2.75, 3.05) is 0 Å². The van der Waals surface area contributed by atoms with Crippen LogP contribution >= 0.6 is 0 Å². The van der Waals surface area contributed by atoms with Crippen molar-refractivity contribution in [3.8, 4) is 6.07 Å². The number of nitriles is 1. The largest absolute Gasteiger partial charge is 0.461 e. The topological polar surface area (TPSA) is 76.1 Å². The van der Waals surface area contributed by atoms with Crippen LogP contribution in [0.5, 0.6) is 0 Å². The maximum absolute atomic E-state index is 10.6. The summed E-state index contributed by atoms with van der Waals surface area (Å²) in [6.45, 7) is 3.39. The highest BCUT2D eigenvalue weighted by Gasteiger charge is 2.14. The molecule has 2 N–H and O–H groups in total. The molecule has 0 aliphatic rings. The van der Waals surface area contributed by atoms with Crippen LogP contribution in [0.3, 0.4) is 0 Å². The summed E-state index contributed by atoms with van der Waals surface area (Å²) in [5.41, 5.74) is 5.03. The first-order valence-corrected chi connectivity index (χ1v) is 2.93. The van der Waals surface area contributed by atoms with Gasteiger partial charge < -0.3 is 10.5 Å². The molecule has 0 rings (SSSR count). The molecule has 0 aliphatic heterocycles. The Balaban J connectivity index is 3.76. The SMILES string of the molecule is CC(C)OC(=O)C(N)C#N. The number of hydrogen-bond acceptors (Lipinski definition) is 4. The number of hydrogen-bond donors (Lipinski definition) is 1. The monoisotopic (exact) mass is 142 g/mol. The van der Waals surface area contributed by atoms with Crippen molar-refractivity contribution in [3.63, 3.8) is 0 Å². The molecule has 1 unspecified atom stereocenters. The van der Waals surface area contributed by atoms with E-state index in [2.05, 4.69) is 4.74 Å². The molecule has 0 saturated heterocycles.